The summed E-state index contributed by atoms with van der Waals surface area (Å²) in [6.07, 6.45) is 1.72. The number of rotatable bonds is 2. The van der Waals surface area contributed by atoms with Crippen molar-refractivity contribution < 1.29 is 4.39 Å². The highest BCUT2D eigenvalue weighted by Gasteiger charge is 2.05. The summed E-state index contributed by atoms with van der Waals surface area (Å²) >= 11 is 1.56. The van der Waals surface area contributed by atoms with Crippen LogP contribution in [0.2, 0.25) is 0 Å². The molecule has 0 N–H and O–H groups in total. The summed E-state index contributed by atoms with van der Waals surface area (Å²) in [5.41, 5.74) is 2.51. The number of halogens is 1. The fraction of sp³-hybridized carbons (Fsp3) is 0. The van der Waals surface area contributed by atoms with E-state index in [2.05, 4.69) is 6.58 Å². The third-order valence-corrected chi connectivity index (χ3v) is 2.74. The molecule has 14 heavy (non-hydrogen) atoms. The topological polar surface area (TPSA) is 0 Å². The molecule has 0 fully saturated rings. The van der Waals surface area contributed by atoms with E-state index in [0.717, 1.165) is 11.1 Å². The predicted molar refractivity (Wildman–Crippen MR) is 59.8 cm³/mol. The fourth-order valence-electron chi connectivity index (χ4n) is 1.31. The van der Waals surface area contributed by atoms with Gasteiger partial charge in [0.15, 0.2) is 0 Å². The number of thiophene rings is 1. The lowest BCUT2D eigenvalue weighted by Crippen LogP contribution is -1.83. The fourth-order valence-corrected chi connectivity index (χ4v) is 1.96. The molecule has 0 saturated heterocycles. The van der Waals surface area contributed by atoms with E-state index in [4.69, 9.17) is 0 Å². The van der Waals surface area contributed by atoms with Gasteiger partial charge in [-0.25, -0.2) is 4.39 Å². The van der Waals surface area contributed by atoms with Crippen LogP contribution >= 0.6 is 11.3 Å². The molecular formula is C12H9FS. The van der Waals surface area contributed by atoms with Gasteiger partial charge in [0.25, 0.3) is 0 Å². The standard InChI is InChI=1S/C12H9FS/c1-2-9-3-4-12(13)11(7-9)10-5-6-14-8-10/h2-8H,1H2. The maximum atomic E-state index is 13.4. The molecular weight excluding hydrogens is 195 g/mol. The Morgan fingerprint density at radius 3 is 2.79 bits per heavy atom. The lowest BCUT2D eigenvalue weighted by molar-refractivity contribution is 0.631. The van der Waals surface area contributed by atoms with Gasteiger partial charge < -0.3 is 0 Å². The molecule has 0 atom stereocenters. The van der Waals surface area contributed by atoms with Gasteiger partial charge in [0.2, 0.25) is 0 Å². The first-order chi connectivity index (χ1) is 6.81. The lowest BCUT2D eigenvalue weighted by Gasteiger charge is -2.01. The van der Waals surface area contributed by atoms with Gasteiger partial charge in [0.05, 0.1) is 0 Å². The van der Waals surface area contributed by atoms with E-state index < -0.39 is 0 Å². The van der Waals surface area contributed by atoms with Gasteiger partial charge in [-0.3, -0.25) is 0 Å². The second kappa shape index (κ2) is 3.76. The zero-order valence-electron chi connectivity index (χ0n) is 7.53. The Morgan fingerprint density at radius 2 is 2.14 bits per heavy atom. The summed E-state index contributed by atoms with van der Waals surface area (Å²) in [6, 6.07) is 6.92. The van der Waals surface area contributed by atoms with E-state index in [1.54, 1.807) is 23.5 Å². The molecule has 0 aliphatic carbocycles. The largest absolute Gasteiger partial charge is 0.206 e. The summed E-state index contributed by atoms with van der Waals surface area (Å²) < 4.78 is 13.4. The average molecular weight is 204 g/mol. The van der Waals surface area contributed by atoms with Crippen molar-refractivity contribution in [3.8, 4) is 11.1 Å². The van der Waals surface area contributed by atoms with Gasteiger partial charge in [-0.15, -0.1) is 0 Å². The van der Waals surface area contributed by atoms with E-state index in [1.807, 2.05) is 22.9 Å². The minimum atomic E-state index is -0.186. The van der Waals surface area contributed by atoms with E-state index in [-0.39, 0.29) is 5.82 Å². The minimum absolute atomic E-state index is 0.186. The van der Waals surface area contributed by atoms with Crippen LogP contribution in [-0.2, 0) is 0 Å². The van der Waals surface area contributed by atoms with Crippen molar-refractivity contribution in [2.75, 3.05) is 0 Å². The van der Waals surface area contributed by atoms with E-state index >= 15 is 0 Å². The van der Waals surface area contributed by atoms with Crippen molar-refractivity contribution in [3.05, 3.63) is 53.0 Å². The average Bonchev–Trinajstić information content (AvgIpc) is 2.71. The highest BCUT2D eigenvalue weighted by atomic mass is 32.1. The Hall–Kier alpha value is -1.41. The van der Waals surface area contributed by atoms with Crippen molar-refractivity contribution in [2.45, 2.75) is 0 Å². The zero-order valence-corrected chi connectivity index (χ0v) is 8.35. The van der Waals surface area contributed by atoms with Crippen LogP contribution in [0.25, 0.3) is 17.2 Å². The molecule has 0 radical (unpaired) electrons. The van der Waals surface area contributed by atoms with Crippen LogP contribution in [0.15, 0.2) is 41.6 Å². The van der Waals surface area contributed by atoms with Gasteiger partial charge in [0, 0.05) is 5.56 Å². The Kier molecular flexibility index (Phi) is 2.46. The van der Waals surface area contributed by atoms with Crippen molar-refractivity contribution in [2.24, 2.45) is 0 Å². The maximum absolute atomic E-state index is 13.4. The third-order valence-electron chi connectivity index (χ3n) is 2.06. The van der Waals surface area contributed by atoms with Crippen molar-refractivity contribution in [1.82, 2.24) is 0 Å². The molecule has 0 aliphatic rings. The van der Waals surface area contributed by atoms with Crippen LogP contribution < -0.4 is 0 Å². The minimum Gasteiger partial charge on any atom is -0.206 e. The van der Waals surface area contributed by atoms with Gasteiger partial charge in [-0.2, -0.15) is 11.3 Å². The molecule has 2 rings (SSSR count). The SMILES string of the molecule is C=Cc1ccc(F)c(-c2ccsc2)c1. The van der Waals surface area contributed by atoms with Gasteiger partial charge in [-0.05, 0) is 40.1 Å². The van der Waals surface area contributed by atoms with Crippen LogP contribution in [0.1, 0.15) is 5.56 Å². The zero-order chi connectivity index (χ0) is 9.97. The molecule has 0 saturated carbocycles. The number of benzene rings is 1. The van der Waals surface area contributed by atoms with Crippen LogP contribution in [0.3, 0.4) is 0 Å². The van der Waals surface area contributed by atoms with Crippen LogP contribution in [0.4, 0.5) is 4.39 Å². The van der Waals surface area contributed by atoms with E-state index in [9.17, 15) is 4.39 Å². The molecule has 1 aromatic heterocycles. The monoisotopic (exact) mass is 204 g/mol. The quantitative estimate of drug-likeness (QED) is 0.687. The summed E-state index contributed by atoms with van der Waals surface area (Å²) in [5, 5.41) is 3.88. The van der Waals surface area contributed by atoms with Crippen molar-refractivity contribution >= 4 is 17.4 Å². The first-order valence-corrected chi connectivity index (χ1v) is 5.20. The highest BCUT2D eigenvalue weighted by Crippen LogP contribution is 2.26. The van der Waals surface area contributed by atoms with Crippen LogP contribution in [0.5, 0.6) is 0 Å². The van der Waals surface area contributed by atoms with Gasteiger partial charge >= 0.3 is 0 Å². The molecule has 2 aromatic rings. The molecule has 1 aromatic carbocycles. The maximum Gasteiger partial charge on any atom is 0.131 e. The molecule has 2 heteroatoms. The normalized spacial score (nSPS) is 10.1. The molecule has 0 amide bonds. The molecule has 0 nitrogen and oxygen atoms in total. The van der Waals surface area contributed by atoms with Gasteiger partial charge in [-0.1, -0.05) is 18.7 Å². The number of hydrogen-bond acceptors (Lipinski definition) is 1. The van der Waals surface area contributed by atoms with Crippen LogP contribution in [0, 0.1) is 5.82 Å². The molecule has 70 valence electrons. The molecule has 0 bridgehead atoms. The highest BCUT2D eigenvalue weighted by molar-refractivity contribution is 7.08. The Labute approximate surface area is 86.3 Å². The van der Waals surface area contributed by atoms with E-state index in [1.165, 1.54) is 6.07 Å². The second-order valence-corrected chi connectivity index (χ2v) is 3.74. The summed E-state index contributed by atoms with van der Waals surface area (Å²) in [4.78, 5) is 0. The lowest BCUT2D eigenvalue weighted by atomic mass is 10.1. The van der Waals surface area contributed by atoms with Crippen molar-refractivity contribution in [3.63, 3.8) is 0 Å². The Balaban J connectivity index is 2.57. The third kappa shape index (κ3) is 1.61. The summed E-state index contributed by atoms with van der Waals surface area (Å²) in [6.45, 7) is 3.66. The van der Waals surface area contributed by atoms with Crippen molar-refractivity contribution in [1.29, 1.82) is 0 Å². The predicted octanol–water partition coefficient (Wildman–Crippen LogP) is 4.20. The summed E-state index contributed by atoms with van der Waals surface area (Å²) in [7, 11) is 0. The van der Waals surface area contributed by atoms with Crippen LogP contribution in [-0.4, -0.2) is 0 Å². The summed E-state index contributed by atoms with van der Waals surface area (Å²) in [5.74, 6) is -0.186. The first kappa shape index (κ1) is 9.16. The Morgan fingerprint density at radius 1 is 1.29 bits per heavy atom. The molecule has 0 spiro atoms. The smallest absolute Gasteiger partial charge is 0.131 e. The van der Waals surface area contributed by atoms with Gasteiger partial charge in [0.1, 0.15) is 5.82 Å². The molecule has 1 heterocycles. The second-order valence-electron chi connectivity index (χ2n) is 2.96. The first-order valence-electron chi connectivity index (χ1n) is 4.26. The Bertz CT molecular complexity index is 443. The van der Waals surface area contributed by atoms with E-state index in [0.29, 0.717) is 5.56 Å². The molecule has 0 unspecified atom stereocenters. The molecule has 0 aliphatic heterocycles. The number of hydrogen-bond donors (Lipinski definition) is 0.